The predicted molar refractivity (Wildman–Crippen MR) is 76.9 cm³/mol. The number of ether oxygens (including phenoxy) is 1. The number of halogens is 1. The molecule has 0 radical (unpaired) electrons. The third-order valence-corrected chi connectivity index (χ3v) is 3.57. The van der Waals surface area contributed by atoms with Crippen molar-refractivity contribution in [3.8, 4) is 5.75 Å². The number of aromatic nitrogens is 1. The SMILES string of the molecule is Clc1ncccc1CN1CCCOc2ccccc21. The molecule has 0 bridgehead atoms. The minimum absolute atomic E-state index is 0.574. The van der Waals surface area contributed by atoms with E-state index >= 15 is 0 Å². The molecule has 0 aliphatic carbocycles. The van der Waals surface area contributed by atoms with Crippen molar-refractivity contribution in [2.24, 2.45) is 0 Å². The number of anilines is 1. The molecule has 98 valence electrons. The normalized spacial score (nSPS) is 14.5. The van der Waals surface area contributed by atoms with E-state index in [0.717, 1.165) is 43.1 Å². The lowest BCUT2D eigenvalue weighted by Gasteiger charge is -2.24. The molecule has 0 spiro atoms. The van der Waals surface area contributed by atoms with Gasteiger partial charge in [0.2, 0.25) is 0 Å². The summed E-state index contributed by atoms with van der Waals surface area (Å²) in [5.74, 6) is 0.944. The van der Waals surface area contributed by atoms with Crippen LogP contribution >= 0.6 is 11.6 Å². The van der Waals surface area contributed by atoms with Crippen LogP contribution in [0.5, 0.6) is 5.75 Å². The van der Waals surface area contributed by atoms with Crippen LogP contribution in [0, 0.1) is 0 Å². The fourth-order valence-electron chi connectivity index (χ4n) is 2.31. The second-order valence-corrected chi connectivity index (χ2v) is 4.90. The third-order valence-electron chi connectivity index (χ3n) is 3.23. The lowest BCUT2D eigenvalue weighted by Crippen LogP contribution is -2.23. The van der Waals surface area contributed by atoms with E-state index in [2.05, 4.69) is 16.0 Å². The second kappa shape index (κ2) is 5.49. The standard InChI is InChI=1S/C15H15ClN2O/c16-15-12(5-3-8-17-15)11-18-9-4-10-19-14-7-2-1-6-13(14)18/h1-3,5-8H,4,9-11H2. The number of pyridine rings is 1. The summed E-state index contributed by atoms with van der Waals surface area (Å²) < 4.78 is 5.76. The number of rotatable bonds is 2. The van der Waals surface area contributed by atoms with Crippen molar-refractivity contribution in [1.29, 1.82) is 0 Å². The highest BCUT2D eigenvalue weighted by Crippen LogP contribution is 2.32. The van der Waals surface area contributed by atoms with Gasteiger partial charge in [-0.15, -0.1) is 0 Å². The molecule has 4 heteroatoms. The first-order valence-corrected chi connectivity index (χ1v) is 6.78. The Morgan fingerprint density at radius 3 is 3.00 bits per heavy atom. The van der Waals surface area contributed by atoms with Crippen LogP contribution in [0.4, 0.5) is 5.69 Å². The maximum Gasteiger partial charge on any atom is 0.142 e. The smallest absolute Gasteiger partial charge is 0.142 e. The summed E-state index contributed by atoms with van der Waals surface area (Å²) in [6, 6.07) is 12.1. The number of hydrogen-bond donors (Lipinski definition) is 0. The third kappa shape index (κ3) is 2.66. The van der Waals surface area contributed by atoms with Crippen molar-refractivity contribution in [3.63, 3.8) is 0 Å². The van der Waals surface area contributed by atoms with Crippen molar-refractivity contribution < 1.29 is 4.74 Å². The van der Waals surface area contributed by atoms with Gasteiger partial charge in [0, 0.05) is 24.8 Å². The Hall–Kier alpha value is -1.74. The van der Waals surface area contributed by atoms with E-state index in [-0.39, 0.29) is 0 Å². The maximum atomic E-state index is 6.14. The van der Waals surface area contributed by atoms with Gasteiger partial charge in [-0.05, 0) is 24.6 Å². The fraction of sp³-hybridized carbons (Fsp3) is 0.267. The molecule has 2 heterocycles. The molecule has 0 N–H and O–H groups in total. The van der Waals surface area contributed by atoms with E-state index in [0.29, 0.717) is 5.15 Å². The topological polar surface area (TPSA) is 25.4 Å². The Kier molecular flexibility index (Phi) is 3.56. The summed E-state index contributed by atoms with van der Waals surface area (Å²) >= 11 is 6.14. The highest BCUT2D eigenvalue weighted by Gasteiger charge is 2.16. The molecule has 1 aliphatic rings. The molecule has 1 aromatic heterocycles. The molecule has 0 amide bonds. The predicted octanol–water partition coefficient (Wildman–Crippen LogP) is 3.52. The van der Waals surface area contributed by atoms with Gasteiger partial charge < -0.3 is 9.64 Å². The van der Waals surface area contributed by atoms with Crippen LogP contribution in [-0.4, -0.2) is 18.1 Å². The zero-order valence-electron chi connectivity index (χ0n) is 10.6. The van der Waals surface area contributed by atoms with Crippen LogP contribution in [0.1, 0.15) is 12.0 Å². The van der Waals surface area contributed by atoms with E-state index in [1.165, 1.54) is 0 Å². The molecule has 2 aromatic rings. The highest BCUT2D eigenvalue weighted by molar-refractivity contribution is 6.30. The Morgan fingerprint density at radius 2 is 2.11 bits per heavy atom. The molecule has 19 heavy (non-hydrogen) atoms. The number of hydrogen-bond acceptors (Lipinski definition) is 3. The van der Waals surface area contributed by atoms with Crippen LogP contribution in [0.2, 0.25) is 5.15 Å². The summed E-state index contributed by atoms with van der Waals surface area (Å²) in [5.41, 5.74) is 2.17. The Morgan fingerprint density at radius 1 is 1.21 bits per heavy atom. The lowest BCUT2D eigenvalue weighted by atomic mass is 10.2. The highest BCUT2D eigenvalue weighted by atomic mass is 35.5. The lowest BCUT2D eigenvalue weighted by molar-refractivity contribution is 0.322. The minimum Gasteiger partial charge on any atom is -0.491 e. The summed E-state index contributed by atoms with van der Waals surface area (Å²) in [4.78, 5) is 6.43. The number of benzene rings is 1. The molecule has 1 aliphatic heterocycles. The van der Waals surface area contributed by atoms with Crippen molar-refractivity contribution in [2.45, 2.75) is 13.0 Å². The first-order chi connectivity index (χ1) is 9.34. The summed E-state index contributed by atoms with van der Waals surface area (Å²) in [5, 5.41) is 0.574. The van der Waals surface area contributed by atoms with E-state index in [4.69, 9.17) is 16.3 Å². The molecular formula is C15H15ClN2O. The quantitative estimate of drug-likeness (QED) is 0.784. The van der Waals surface area contributed by atoms with Gasteiger partial charge in [-0.25, -0.2) is 4.98 Å². The molecule has 0 unspecified atom stereocenters. The maximum absolute atomic E-state index is 6.14. The average Bonchev–Trinajstić information content (AvgIpc) is 2.64. The van der Waals surface area contributed by atoms with Crippen molar-refractivity contribution >= 4 is 17.3 Å². The van der Waals surface area contributed by atoms with Crippen LogP contribution in [0.15, 0.2) is 42.6 Å². The molecular weight excluding hydrogens is 260 g/mol. The number of para-hydroxylation sites is 2. The molecule has 3 nitrogen and oxygen atoms in total. The minimum atomic E-state index is 0.574. The van der Waals surface area contributed by atoms with E-state index < -0.39 is 0 Å². The first-order valence-electron chi connectivity index (χ1n) is 6.41. The van der Waals surface area contributed by atoms with Gasteiger partial charge in [-0.3, -0.25) is 0 Å². The molecule has 0 atom stereocenters. The average molecular weight is 275 g/mol. The zero-order valence-corrected chi connectivity index (χ0v) is 11.3. The molecule has 0 saturated heterocycles. The van der Waals surface area contributed by atoms with E-state index in [9.17, 15) is 0 Å². The van der Waals surface area contributed by atoms with Crippen LogP contribution in [0.3, 0.4) is 0 Å². The summed E-state index contributed by atoms with van der Waals surface area (Å²) in [7, 11) is 0. The Labute approximate surface area is 117 Å². The second-order valence-electron chi connectivity index (χ2n) is 4.54. The summed E-state index contributed by atoms with van der Waals surface area (Å²) in [6.45, 7) is 2.48. The van der Waals surface area contributed by atoms with Crippen LogP contribution < -0.4 is 9.64 Å². The van der Waals surface area contributed by atoms with Crippen LogP contribution in [0.25, 0.3) is 0 Å². The molecule has 1 aromatic carbocycles. The largest absolute Gasteiger partial charge is 0.491 e. The van der Waals surface area contributed by atoms with Crippen LogP contribution in [-0.2, 0) is 6.54 Å². The Bertz CT molecular complexity index is 574. The van der Waals surface area contributed by atoms with E-state index in [1.54, 1.807) is 6.20 Å². The zero-order chi connectivity index (χ0) is 13.1. The van der Waals surface area contributed by atoms with Crippen molar-refractivity contribution in [2.75, 3.05) is 18.1 Å². The van der Waals surface area contributed by atoms with E-state index in [1.807, 2.05) is 30.3 Å². The molecule has 0 saturated carbocycles. The number of nitrogens with zero attached hydrogens (tertiary/aromatic N) is 2. The van der Waals surface area contributed by atoms with Gasteiger partial charge in [0.25, 0.3) is 0 Å². The van der Waals surface area contributed by atoms with Gasteiger partial charge >= 0.3 is 0 Å². The van der Waals surface area contributed by atoms with Gasteiger partial charge in [0.05, 0.1) is 12.3 Å². The molecule has 3 rings (SSSR count). The van der Waals surface area contributed by atoms with Gasteiger partial charge in [0.1, 0.15) is 10.9 Å². The van der Waals surface area contributed by atoms with Crippen molar-refractivity contribution in [1.82, 2.24) is 4.98 Å². The van der Waals surface area contributed by atoms with Crippen molar-refractivity contribution in [3.05, 3.63) is 53.3 Å². The number of fused-ring (bicyclic) bond motifs is 1. The monoisotopic (exact) mass is 274 g/mol. The Balaban J connectivity index is 1.91. The first kappa shape index (κ1) is 12.3. The summed E-state index contributed by atoms with van der Waals surface area (Å²) in [6.07, 6.45) is 2.72. The molecule has 0 fully saturated rings. The van der Waals surface area contributed by atoms with Gasteiger partial charge in [0.15, 0.2) is 0 Å². The van der Waals surface area contributed by atoms with Gasteiger partial charge in [-0.2, -0.15) is 0 Å². The van der Waals surface area contributed by atoms with Gasteiger partial charge in [-0.1, -0.05) is 29.8 Å². The fourth-order valence-corrected chi connectivity index (χ4v) is 2.48.